The van der Waals surface area contributed by atoms with Crippen LogP contribution in [0.4, 0.5) is 22.7 Å². The highest BCUT2D eigenvalue weighted by molar-refractivity contribution is 7.25. The highest BCUT2D eigenvalue weighted by Gasteiger charge is 2.26. The Bertz CT molecular complexity index is 2960. The van der Waals surface area contributed by atoms with Gasteiger partial charge < -0.3 is 19.4 Å². The predicted molar refractivity (Wildman–Crippen MR) is 210 cm³/mol. The largest absolute Gasteiger partial charge is 0.464 e. The second kappa shape index (κ2) is 10.6. The molecule has 8 aromatic carbocycles. The normalized spacial score (nSPS) is 14.1. The molecule has 0 aliphatic carbocycles. The third-order valence-electron chi connectivity index (χ3n) is 10.1. The van der Waals surface area contributed by atoms with Gasteiger partial charge in [0.25, 0.3) is 0 Å². The first-order valence-corrected chi connectivity index (χ1v) is 17.7. The van der Waals surface area contributed by atoms with E-state index in [0.717, 1.165) is 77.5 Å². The first-order chi connectivity index (χ1) is 24.7. The lowest BCUT2D eigenvalue weighted by atomic mass is 9.99. The van der Waals surface area contributed by atoms with Crippen molar-refractivity contribution in [3.8, 4) is 5.75 Å². The van der Waals surface area contributed by atoms with E-state index in [-0.39, 0.29) is 6.23 Å². The minimum Gasteiger partial charge on any atom is -0.464 e. The standard InChI is InChI=1S/C45H28N2O2S/c1-2-8-29(9-3-1)45-46-38-22-17-28-15-14-27-16-18-30(24-36(27)43(28)44(38)49-45)47(31-20-23-40-37(25-31)33-10-4-6-12-39(33)48-40)32-19-21-35-34-11-5-7-13-41(34)50-42(35)26-32/h1-26,45-46H. The van der Waals surface area contributed by atoms with Gasteiger partial charge in [0.1, 0.15) is 11.2 Å². The van der Waals surface area contributed by atoms with Crippen LogP contribution in [-0.2, 0) is 0 Å². The molecule has 236 valence electrons. The zero-order valence-electron chi connectivity index (χ0n) is 26.8. The number of nitrogens with zero attached hydrogens (tertiary/aromatic N) is 1. The Balaban J connectivity index is 1.14. The Morgan fingerprint density at radius 1 is 0.500 bits per heavy atom. The highest BCUT2D eigenvalue weighted by atomic mass is 32.1. The number of hydrogen-bond acceptors (Lipinski definition) is 5. The van der Waals surface area contributed by atoms with E-state index < -0.39 is 0 Å². The lowest BCUT2D eigenvalue weighted by Crippen LogP contribution is -2.10. The Morgan fingerprint density at radius 3 is 2.08 bits per heavy atom. The summed E-state index contributed by atoms with van der Waals surface area (Å²) in [5.74, 6) is 0.892. The molecule has 0 saturated heterocycles. The van der Waals surface area contributed by atoms with Crippen molar-refractivity contribution < 1.29 is 9.15 Å². The van der Waals surface area contributed by atoms with E-state index in [1.54, 1.807) is 0 Å². The van der Waals surface area contributed by atoms with Crippen molar-refractivity contribution in [1.29, 1.82) is 0 Å². The number of anilines is 4. The summed E-state index contributed by atoms with van der Waals surface area (Å²) in [6.45, 7) is 0. The van der Waals surface area contributed by atoms with Gasteiger partial charge in [-0.05, 0) is 76.8 Å². The van der Waals surface area contributed by atoms with Crippen molar-refractivity contribution in [3.05, 3.63) is 163 Å². The van der Waals surface area contributed by atoms with E-state index >= 15 is 0 Å². The number of benzene rings is 8. The van der Waals surface area contributed by atoms with Crippen LogP contribution in [0.25, 0.3) is 63.7 Å². The van der Waals surface area contributed by atoms with Gasteiger partial charge in [-0.2, -0.15) is 0 Å². The Labute approximate surface area is 291 Å². The smallest absolute Gasteiger partial charge is 0.196 e. The molecule has 0 bridgehead atoms. The summed E-state index contributed by atoms with van der Waals surface area (Å²) in [5, 5.41) is 13.0. The fourth-order valence-corrected chi connectivity index (χ4v) is 8.84. The van der Waals surface area contributed by atoms with Crippen LogP contribution < -0.4 is 15.0 Å². The molecule has 0 amide bonds. The van der Waals surface area contributed by atoms with E-state index in [2.05, 4.69) is 150 Å². The van der Waals surface area contributed by atoms with Crippen LogP contribution in [-0.4, -0.2) is 0 Å². The van der Waals surface area contributed by atoms with Crippen LogP contribution in [0.3, 0.4) is 0 Å². The maximum atomic E-state index is 6.71. The molecule has 1 unspecified atom stereocenters. The van der Waals surface area contributed by atoms with Gasteiger partial charge in [-0.3, -0.25) is 0 Å². The Kier molecular flexibility index (Phi) is 5.86. The van der Waals surface area contributed by atoms with Crippen molar-refractivity contribution >= 4 is 97.7 Å². The van der Waals surface area contributed by atoms with E-state index in [0.29, 0.717) is 0 Å². The van der Waals surface area contributed by atoms with E-state index in [4.69, 9.17) is 9.15 Å². The SMILES string of the molecule is c1ccc(C2Nc3ccc4ccc5ccc(N(c6ccc7c(c6)sc6ccccc67)c6ccc7oc8ccccc8c7c6)cc5c4c3O2)cc1. The minimum atomic E-state index is -0.240. The van der Waals surface area contributed by atoms with Crippen LogP contribution in [0.15, 0.2) is 162 Å². The van der Waals surface area contributed by atoms with E-state index in [1.165, 1.54) is 20.2 Å². The van der Waals surface area contributed by atoms with Gasteiger partial charge in [0.05, 0.1) is 5.69 Å². The number of furan rings is 1. The zero-order valence-corrected chi connectivity index (χ0v) is 27.6. The molecule has 50 heavy (non-hydrogen) atoms. The van der Waals surface area contributed by atoms with Crippen molar-refractivity contribution in [1.82, 2.24) is 0 Å². The van der Waals surface area contributed by atoms with Crippen LogP contribution in [0.5, 0.6) is 5.75 Å². The average Bonchev–Trinajstić information content (AvgIpc) is 3.88. The maximum Gasteiger partial charge on any atom is 0.196 e. The Hall–Kier alpha value is -6.30. The molecule has 1 N–H and O–H groups in total. The molecule has 4 nitrogen and oxygen atoms in total. The van der Waals surface area contributed by atoms with Gasteiger partial charge in [-0.1, -0.05) is 97.1 Å². The summed E-state index contributed by atoms with van der Waals surface area (Å²) in [5.41, 5.74) is 7.12. The van der Waals surface area contributed by atoms with Crippen molar-refractivity contribution in [2.24, 2.45) is 0 Å². The van der Waals surface area contributed by atoms with Gasteiger partial charge in [-0.15, -0.1) is 11.3 Å². The van der Waals surface area contributed by atoms with Gasteiger partial charge in [0, 0.05) is 59.0 Å². The molecule has 10 aromatic rings. The van der Waals surface area contributed by atoms with Gasteiger partial charge in [0.2, 0.25) is 0 Å². The molecule has 0 radical (unpaired) electrons. The van der Waals surface area contributed by atoms with Crippen LogP contribution in [0, 0.1) is 0 Å². The molecule has 11 rings (SSSR count). The fraction of sp³-hybridized carbons (Fsp3) is 0.0222. The lowest BCUT2D eigenvalue weighted by Gasteiger charge is -2.26. The molecular weight excluding hydrogens is 633 g/mol. The molecule has 1 aliphatic heterocycles. The molecular formula is C45H28N2O2S. The third-order valence-corrected chi connectivity index (χ3v) is 11.2. The summed E-state index contributed by atoms with van der Waals surface area (Å²) < 4.78 is 15.5. The summed E-state index contributed by atoms with van der Waals surface area (Å²) >= 11 is 1.84. The molecule has 0 fully saturated rings. The second-order valence-corrected chi connectivity index (χ2v) is 14.0. The van der Waals surface area contributed by atoms with Gasteiger partial charge in [0.15, 0.2) is 12.0 Å². The summed E-state index contributed by atoms with van der Waals surface area (Å²) in [4.78, 5) is 2.37. The minimum absolute atomic E-state index is 0.240. The lowest BCUT2D eigenvalue weighted by molar-refractivity contribution is 0.263. The van der Waals surface area contributed by atoms with Gasteiger partial charge in [-0.25, -0.2) is 0 Å². The van der Waals surface area contributed by atoms with E-state index in [9.17, 15) is 0 Å². The molecule has 5 heteroatoms. The molecule has 2 aromatic heterocycles. The van der Waals surface area contributed by atoms with Crippen molar-refractivity contribution in [2.45, 2.75) is 6.23 Å². The summed E-state index contributed by atoms with van der Waals surface area (Å²) in [7, 11) is 0. The molecule has 1 atom stereocenters. The van der Waals surface area contributed by atoms with Crippen LogP contribution >= 0.6 is 11.3 Å². The predicted octanol–water partition coefficient (Wildman–Crippen LogP) is 13.2. The van der Waals surface area contributed by atoms with Gasteiger partial charge >= 0.3 is 0 Å². The second-order valence-electron chi connectivity index (χ2n) is 13.0. The van der Waals surface area contributed by atoms with Crippen LogP contribution in [0.1, 0.15) is 11.8 Å². The van der Waals surface area contributed by atoms with Crippen molar-refractivity contribution in [2.75, 3.05) is 10.2 Å². The van der Waals surface area contributed by atoms with Crippen LogP contribution in [0.2, 0.25) is 0 Å². The monoisotopic (exact) mass is 660 g/mol. The quantitative estimate of drug-likeness (QED) is 0.191. The molecule has 3 heterocycles. The molecule has 0 saturated carbocycles. The molecule has 1 aliphatic rings. The third kappa shape index (κ3) is 4.17. The number of nitrogens with one attached hydrogen (secondary N) is 1. The number of para-hydroxylation sites is 1. The number of fused-ring (bicyclic) bond motifs is 11. The van der Waals surface area contributed by atoms with E-state index in [1.807, 2.05) is 29.5 Å². The summed E-state index contributed by atoms with van der Waals surface area (Å²) in [6, 6.07) is 56.2. The number of ether oxygens (including phenoxy) is 1. The van der Waals surface area contributed by atoms with Crippen molar-refractivity contribution in [3.63, 3.8) is 0 Å². The number of thiophene rings is 1. The zero-order chi connectivity index (χ0) is 32.8. The first-order valence-electron chi connectivity index (χ1n) is 16.9. The summed E-state index contributed by atoms with van der Waals surface area (Å²) in [6.07, 6.45) is -0.240. The first kappa shape index (κ1) is 27.6. The number of rotatable bonds is 4. The number of hydrogen-bond donors (Lipinski definition) is 1. The molecule has 0 spiro atoms. The highest BCUT2D eigenvalue weighted by Crippen LogP contribution is 2.48. The Morgan fingerprint density at radius 2 is 1.16 bits per heavy atom. The average molecular weight is 661 g/mol. The topological polar surface area (TPSA) is 37.6 Å². The fourth-order valence-electron chi connectivity index (χ4n) is 7.70. The maximum absolute atomic E-state index is 6.71.